The Morgan fingerprint density at radius 3 is 2.45 bits per heavy atom. The summed E-state index contributed by atoms with van der Waals surface area (Å²) in [6.45, 7) is 0. The highest BCUT2D eigenvalue weighted by atomic mass is 32.2. The maximum absolute atomic E-state index is 13.5. The number of nitrogens with one attached hydrogen (secondary N) is 2. The zero-order valence-electron chi connectivity index (χ0n) is 10.8. The number of hydrogen-bond donors (Lipinski definition) is 2. The van der Waals surface area contributed by atoms with Gasteiger partial charge in [-0.05, 0) is 24.3 Å². The van der Waals surface area contributed by atoms with Crippen LogP contribution in [0.25, 0.3) is 11.1 Å². The van der Waals surface area contributed by atoms with Crippen molar-refractivity contribution in [1.82, 2.24) is 4.98 Å². The van der Waals surface area contributed by atoms with Gasteiger partial charge >= 0.3 is 5.76 Å². The highest BCUT2D eigenvalue weighted by Crippen LogP contribution is 2.23. The fourth-order valence-electron chi connectivity index (χ4n) is 1.88. The minimum atomic E-state index is -4.25. The number of sulfonamides is 1. The van der Waals surface area contributed by atoms with E-state index in [1.165, 1.54) is 12.1 Å². The number of fused-ring (bicyclic) bond motifs is 1. The molecule has 0 atom stereocenters. The molecule has 2 aromatic carbocycles. The first kappa shape index (κ1) is 14.3. The van der Waals surface area contributed by atoms with Crippen LogP contribution in [-0.2, 0) is 10.0 Å². The van der Waals surface area contributed by atoms with E-state index in [9.17, 15) is 22.0 Å². The lowest BCUT2D eigenvalue weighted by molar-refractivity contribution is 0.554. The molecule has 2 N–H and O–H groups in total. The molecule has 22 heavy (non-hydrogen) atoms. The van der Waals surface area contributed by atoms with E-state index in [0.29, 0.717) is 5.52 Å². The number of para-hydroxylation sites is 1. The molecule has 114 valence electrons. The highest BCUT2D eigenvalue weighted by Gasteiger charge is 2.20. The van der Waals surface area contributed by atoms with Gasteiger partial charge in [-0.1, -0.05) is 6.07 Å². The van der Waals surface area contributed by atoms with Crippen molar-refractivity contribution in [2.24, 2.45) is 0 Å². The van der Waals surface area contributed by atoms with Gasteiger partial charge in [0.05, 0.1) is 10.4 Å². The number of hydrogen-bond acceptors (Lipinski definition) is 4. The number of aromatic amines is 1. The molecule has 3 rings (SSSR count). The van der Waals surface area contributed by atoms with E-state index in [1.807, 2.05) is 4.72 Å². The minimum absolute atomic E-state index is 0.0156. The van der Waals surface area contributed by atoms with Gasteiger partial charge in [-0.2, -0.15) is 0 Å². The summed E-state index contributed by atoms with van der Waals surface area (Å²) in [5.74, 6) is -2.83. The Hall–Kier alpha value is -2.68. The van der Waals surface area contributed by atoms with Crippen molar-refractivity contribution in [3.8, 4) is 0 Å². The predicted molar refractivity (Wildman–Crippen MR) is 74.0 cm³/mol. The Balaban J connectivity index is 2.06. The van der Waals surface area contributed by atoms with Crippen molar-refractivity contribution in [2.45, 2.75) is 4.90 Å². The Morgan fingerprint density at radius 1 is 1.09 bits per heavy atom. The lowest BCUT2D eigenvalue weighted by Crippen LogP contribution is -2.15. The van der Waals surface area contributed by atoms with Crippen molar-refractivity contribution in [2.75, 3.05) is 4.72 Å². The number of halogens is 2. The number of anilines is 1. The third-order valence-electron chi connectivity index (χ3n) is 2.90. The molecule has 0 fully saturated rings. The minimum Gasteiger partial charge on any atom is -0.408 e. The molecule has 0 aliphatic rings. The second-order valence-electron chi connectivity index (χ2n) is 4.37. The summed E-state index contributed by atoms with van der Waals surface area (Å²) in [5, 5.41) is 0. The van der Waals surface area contributed by atoms with Crippen LogP contribution in [-0.4, -0.2) is 13.4 Å². The van der Waals surface area contributed by atoms with Gasteiger partial charge in [0, 0.05) is 6.07 Å². The van der Waals surface area contributed by atoms with Crippen molar-refractivity contribution >= 4 is 26.8 Å². The van der Waals surface area contributed by atoms with E-state index >= 15 is 0 Å². The molecule has 0 unspecified atom stereocenters. The molecule has 0 bridgehead atoms. The number of benzene rings is 2. The molecule has 0 amide bonds. The van der Waals surface area contributed by atoms with Gasteiger partial charge in [0.25, 0.3) is 10.0 Å². The number of oxazole rings is 1. The van der Waals surface area contributed by atoms with Crippen LogP contribution in [0.2, 0.25) is 0 Å². The lowest BCUT2D eigenvalue weighted by Gasteiger charge is -2.09. The standard InChI is InChI=1S/C13H8F2N2O4S/c14-8-2-1-3-9(15)12(8)17-22(19,20)7-4-5-10-11(6-7)21-13(18)16-10/h1-6,17H,(H,16,18). The summed E-state index contributed by atoms with van der Waals surface area (Å²) in [6.07, 6.45) is 0. The molecule has 9 heteroatoms. The van der Waals surface area contributed by atoms with Crippen LogP contribution >= 0.6 is 0 Å². The van der Waals surface area contributed by atoms with E-state index in [-0.39, 0.29) is 10.5 Å². The molecule has 1 aromatic heterocycles. The highest BCUT2D eigenvalue weighted by molar-refractivity contribution is 7.92. The molecule has 0 aliphatic carbocycles. The first-order chi connectivity index (χ1) is 10.4. The van der Waals surface area contributed by atoms with Crippen LogP contribution in [0.5, 0.6) is 0 Å². The van der Waals surface area contributed by atoms with Gasteiger partial charge in [0.15, 0.2) is 5.58 Å². The van der Waals surface area contributed by atoms with E-state index in [0.717, 1.165) is 24.3 Å². The SMILES string of the molecule is O=c1[nH]c2ccc(S(=O)(=O)Nc3c(F)cccc3F)cc2o1. The predicted octanol–water partition coefficient (Wildman–Crippen LogP) is 2.20. The normalized spacial score (nSPS) is 11.7. The molecule has 0 aliphatic heterocycles. The second-order valence-corrected chi connectivity index (χ2v) is 6.06. The zero-order valence-corrected chi connectivity index (χ0v) is 11.6. The number of rotatable bonds is 3. The van der Waals surface area contributed by atoms with Crippen molar-refractivity contribution in [1.29, 1.82) is 0 Å². The molecular weight excluding hydrogens is 318 g/mol. The van der Waals surface area contributed by atoms with Crippen molar-refractivity contribution in [3.63, 3.8) is 0 Å². The second kappa shape index (κ2) is 4.95. The summed E-state index contributed by atoms with van der Waals surface area (Å²) in [4.78, 5) is 13.1. The fraction of sp³-hybridized carbons (Fsp3) is 0. The van der Waals surface area contributed by atoms with Gasteiger partial charge in [0.2, 0.25) is 0 Å². The average molecular weight is 326 g/mol. The summed E-state index contributed by atoms with van der Waals surface area (Å²) >= 11 is 0. The molecule has 1 heterocycles. The number of aromatic nitrogens is 1. The maximum Gasteiger partial charge on any atom is 0.417 e. The quantitative estimate of drug-likeness (QED) is 0.772. The Morgan fingerprint density at radius 2 is 1.77 bits per heavy atom. The van der Waals surface area contributed by atoms with Crippen LogP contribution in [0, 0.1) is 11.6 Å². The van der Waals surface area contributed by atoms with E-state index in [4.69, 9.17) is 4.42 Å². The van der Waals surface area contributed by atoms with Gasteiger partial charge < -0.3 is 4.42 Å². The molecule has 0 saturated heterocycles. The summed E-state index contributed by atoms with van der Waals surface area (Å²) in [7, 11) is -4.25. The summed E-state index contributed by atoms with van der Waals surface area (Å²) < 4.78 is 58.0. The van der Waals surface area contributed by atoms with Crippen LogP contribution in [0.15, 0.2) is 50.5 Å². The first-order valence-electron chi connectivity index (χ1n) is 5.96. The van der Waals surface area contributed by atoms with Gasteiger partial charge in [-0.3, -0.25) is 9.71 Å². The van der Waals surface area contributed by atoms with Crippen LogP contribution < -0.4 is 10.5 Å². The first-order valence-corrected chi connectivity index (χ1v) is 7.45. The zero-order chi connectivity index (χ0) is 15.9. The Bertz CT molecular complexity index is 1000. The molecule has 6 nitrogen and oxygen atoms in total. The lowest BCUT2D eigenvalue weighted by atomic mass is 10.3. The third-order valence-corrected chi connectivity index (χ3v) is 4.25. The van der Waals surface area contributed by atoms with E-state index in [1.54, 1.807) is 0 Å². The fourth-order valence-corrected chi connectivity index (χ4v) is 2.97. The van der Waals surface area contributed by atoms with Crippen LogP contribution in [0.4, 0.5) is 14.5 Å². The van der Waals surface area contributed by atoms with E-state index in [2.05, 4.69) is 4.98 Å². The van der Waals surface area contributed by atoms with Gasteiger partial charge in [0.1, 0.15) is 17.3 Å². The van der Waals surface area contributed by atoms with Gasteiger partial charge in [-0.15, -0.1) is 0 Å². The van der Waals surface area contributed by atoms with Crippen LogP contribution in [0.3, 0.4) is 0 Å². The summed E-state index contributed by atoms with van der Waals surface area (Å²) in [5.41, 5.74) is -0.457. The van der Waals surface area contributed by atoms with E-state index < -0.39 is 33.1 Å². The maximum atomic E-state index is 13.5. The topological polar surface area (TPSA) is 92.2 Å². The average Bonchev–Trinajstić information content (AvgIpc) is 2.82. The third kappa shape index (κ3) is 2.46. The van der Waals surface area contributed by atoms with Gasteiger partial charge in [-0.25, -0.2) is 22.0 Å². The molecule has 0 spiro atoms. The Kier molecular flexibility index (Phi) is 3.21. The smallest absolute Gasteiger partial charge is 0.408 e. The summed E-state index contributed by atoms with van der Waals surface area (Å²) in [6, 6.07) is 6.53. The molecular formula is C13H8F2N2O4S. The largest absolute Gasteiger partial charge is 0.417 e. The molecule has 0 radical (unpaired) electrons. The number of H-pyrrole nitrogens is 1. The Labute approximate surface area is 122 Å². The van der Waals surface area contributed by atoms with Crippen LogP contribution in [0.1, 0.15) is 0 Å². The van der Waals surface area contributed by atoms with Crippen molar-refractivity contribution < 1.29 is 21.6 Å². The van der Waals surface area contributed by atoms with Crippen molar-refractivity contribution in [3.05, 3.63) is 58.6 Å². The monoisotopic (exact) mass is 326 g/mol. The molecule has 3 aromatic rings. The molecule has 0 saturated carbocycles.